The third-order valence-electron chi connectivity index (χ3n) is 6.51. The van der Waals surface area contributed by atoms with E-state index < -0.39 is 22.8 Å². The fraction of sp³-hybridized carbons (Fsp3) is 0.316. The minimum atomic E-state index is -1.01. The molecule has 0 heterocycles. The molecular formula is C38H46CoO4P2. The van der Waals surface area contributed by atoms with E-state index in [4.69, 9.17) is 0 Å². The van der Waals surface area contributed by atoms with Crippen LogP contribution in [0, 0.1) is 10.8 Å². The van der Waals surface area contributed by atoms with Gasteiger partial charge in [0, 0.05) is 22.8 Å². The molecule has 0 saturated heterocycles. The van der Waals surface area contributed by atoms with Crippen LogP contribution in [0.4, 0.5) is 0 Å². The van der Waals surface area contributed by atoms with E-state index >= 15 is 0 Å². The van der Waals surface area contributed by atoms with Crippen molar-refractivity contribution in [2.75, 3.05) is 12.3 Å². The summed E-state index contributed by atoms with van der Waals surface area (Å²) in [6, 6.07) is 44.3. The zero-order chi connectivity index (χ0) is 32.6. The standard InChI is InChI=1S/C28H28P2.2C5H10O2.Co/c1-5-15-25(16-6-1)29(26-17-7-2-8-18-26)23-13-14-24-30(27-19-9-3-10-20-27)28-21-11-4-12-22-28;2*1-5(2,3)4(6)7;/h1-12,15-22H,13-14,23-24H2;2*1-3H3,(H,6,7);/q;;;+2/p-2. The molecule has 1 radical (unpaired) electrons. The Labute approximate surface area is 283 Å². The zero-order valence-corrected chi connectivity index (χ0v) is 30.1. The molecule has 4 nitrogen and oxygen atoms in total. The zero-order valence-electron chi connectivity index (χ0n) is 27.2. The molecule has 0 aromatic heterocycles. The Hall–Kier alpha value is -2.81. The number of carboxylic acid groups (broad SMARTS) is 2. The minimum Gasteiger partial charge on any atom is -0.550 e. The van der Waals surface area contributed by atoms with Crippen LogP contribution in [-0.2, 0) is 26.4 Å². The second-order valence-corrected chi connectivity index (χ2v) is 17.1. The smallest absolute Gasteiger partial charge is 0.550 e. The van der Waals surface area contributed by atoms with Gasteiger partial charge in [0.25, 0.3) is 0 Å². The summed E-state index contributed by atoms with van der Waals surface area (Å²) in [5, 5.41) is 25.8. The van der Waals surface area contributed by atoms with Gasteiger partial charge < -0.3 is 19.8 Å². The molecular weight excluding hydrogens is 641 g/mol. The summed E-state index contributed by atoms with van der Waals surface area (Å²) >= 11 is 0. The number of benzene rings is 4. The predicted molar refractivity (Wildman–Crippen MR) is 186 cm³/mol. The molecule has 0 atom stereocenters. The maximum absolute atomic E-state index is 9.91. The van der Waals surface area contributed by atoms with E-state index in [-0.39, 0.29) is 32.6 Å². The molecule has 0 amide bonds. The first kappa shape index (κ1) is 40.2. The van der Waals surface area contributed by atoms with E-state index in [1.165, 1.54) is 46.4 Å². The van der Waals surface area contributed by atoms with Crippen LogP contribution >= 0.6 is 15.8 Å². The van der Waals surface area contributed by atoms with Gasteiger partial charge in [-0.1, -0.05) is 163 Å². The first-order chi connectivity index (χ1) is 20.8. The third-order valence-corrected chi connectivity index (χ3v) is 11.7. The van der Waals surface area contributed by atoms with Gasteiger partial charge in [-0.15, -0.1) is 0 Å². The monoisotopic (exact) mass is 687 g/mol. The van der Waals surface area contributed by atoms with Crippen molar-refractivity contribution in [3.63, 3.8) is 0 Å². The molecule has 0 bridgehead atoms. The Bertz CT molecular complexity index is 1180. The van der Waals surface area contributed by atoms with Crippen molar-refractivity contribution in [2.45, 2.75) is 54.4 Å². The maximum atomic E-state index is 9.91. The molecule has 0 fully saturated rings. The average molecular weight is 688 g/mol. The van der Waals surface area contributed by atoms with Gasteiger partial charge in [-0.25, -0.2) is 0 Å². The van der Waals surface area contributed by atoms with Crippen LogP contribution in [0.25, 0.3) is 0 Å². The average Bonchev–Trinajstić information content (AvgIpc) is 3.00. The van der Waals surface area contributed by atoms with Crippen molar-refractivity contribution >= 4 is 49.0 Å². The molecule has 0 aliphatic rings. The summed E-state index contributed by atoms with van der Waals surface area (Å²) in [5.41, 5.74) is -1.39. The van der Waals surface area contributed by atoms with Crippen LogP contribution in [0.2, 0.25) is 0 Å². The van der Waals surface area contributed by atoms with Crippen LogP contribution in [0.1, 0.15) is 54.4 Å². The quantitative estimate of drug-likeness (QED) is 0.170. The largest absolute Gasteiger partial charge is 2.00 e. The van der Waals surface area contributed by atoms with Crippen LogP contribution in [-0.4, -0.2) is 24.3 Å². The molecule has 7 heteroatoms. The maximum Gasteiger partial charge on any atom is 2.00 e. The molecule has 45 heavy (non-hydrogen) atoms. The van der Waals surface area contributed by atoms with E-state index in [1.54, 1.807) is 41.5 Å². The molecule has 0 N–H and O–H groups in total. The van der Waals surface area contributed by atoms with Gasteiger partial charge in [-0.05, 0) is 62.2 Å². The first-order valence-corrected chi connectivity index (χ1v) is 18.0. The molecule has 0 aliphatic heterocycles. The summed E-state index contributed by atoms with van der Waals surface area (Å²) in [4.78, 5) is 19.8. The van der Waals surface area contributed by atoms with E-state index in [1.807, 2.05) is 0 Å². The molecule has 0 unspecified atom stereocenters. The van der Waals surface area contributed by atoms with E-state index in [9.17, 15) is 19.8 Å². The van der Waals surface area contributed by atoms with Gasteiger partial charge >= 0.3 is 16.8 Å². The number of carboxylic acids is 2. The second kappa shape index (κ2) is 20.3. The Balaban J connectivity index is 0.000000566. The Morgan fingerprint density at radius 2 is 0.644 bits per heavy atom. The fourth-order valence-electron chi connectivity index (χ4n) is 3.79. The number of rotatable bonds is 9. The fourth-order valence-corrected chi connectivity index (χ4v) is 8.62. The summed E-state index contributed by atoms with van der Waals surface area (Å²) < 4.78 is 0. The summed E-state index contributed by atoms with van der Waals surface area (Å²) in [5.74, 6) is -2.01. The minimum absolute atomic E-state index is 0. The Morgan fingerprint density at radius 1 is 0.467 bits per heavy atom. The summed E-state index contributed by atoms with van der Waals surface area (Å²) in [7, 11) is -0.566. The number of unbranched alkanes of at least 4 members (excludes halogenated alkanes) is 1. The summed E-state index contributed by atoms with van der Waals surface area (Å²) in [6.07, 6.45) is 5.06. The topological polar surface area (TPSA) is 80.3 Å². The van der Waals surface area contributed by atoms with E-state index in [2.05, 4.69) is 121 Å². The van der Waals surface area contributed by atoms with Crippen LogP contribution < -0.4 is 31.4 Å². The molecule has 4 aromatic carbocycles. The number of hydrogen-bond acceptors (Lipinski definition) is 4. The van der Waals surface area contributed by atoms with E-state index in [0.717, 1.165) is 0 Å². The first-order valence-electron chi connectivity index (χ1n) is 15.0. The number of aliphatic carboxylic acids is 2. The molecule has 0 spiro atoms. The third kappa shape index (κ3) is 15.4. The van der Waals surface area contributed by atoms with Crippen LogP contribution in [0.5, 0.6) is 0 Å². The van der Waals surface area contributed by atoms with Gasteiger partial charge in [-0.3, -0.25) is 0 Å². The molecule has 4 aromatic rings. The van der Waals surface area contributed by atoms with Crippen LogP contribution in [0.15, 0.2) is 121 Å². The van der Waals surface area contributed by atoms with Gasteiger partial charge in [0.1, 0.15) is 0 Å². The SMILES string of the molecule is CC(C)(C)C(=O)[O-].CC(C)(C)C(=O)[O-].[Co+2].c1ccc(P(CCCCP(c2ccccc2)c2ccccc2)c2ccccc2)cc1. The van der Waals surface area contributed by atoms with Crippen molar-refractivity contribution < 1.29 is 36.6 Å². The molecule has 0 saturated carbocycles. The van der Waals surface area contributed by atoms with Gasteiger partial charge in [-0.2, -0.15) is 0 Å². The number of carbonyl (C=O) groups is 2. The molecule has 0 aliphatic carbocycles. The second-order valence-electron chi connectivity index (χ2n) is 12.4. The van der Waals surface area contributed by atoms with Gasteiger partial charge in [0.15, 0.2) is 0 Å². The number of hydrogen-bond donors (Lipinski definition) is 0. The van der Waals surface area contributed by atoms with Crippen molar-refractivity contribution in [3.8, 4) is 0 Å². The van der Waals surface area contributed by atoms with Crippen LogP contribution in [0.3, 0.4) is 0 Å². The Morgan fingerprint density at radius 3 is 0.800 bits per heavy atom. The van der Waals surface area contributed by atoms with E-state index in [0.29, 0.717) is 0 Å². The molecule has 241 valence electrons. The molecule has 4 rings (SSSR count). The van der Waals surface area contributed by atoms with Crippen molar-refractivity contribution in [1.29, 1.82) is 0 Å². The predicted octanol–water partition coefficient (Wildman–Crippen LogP) is 5.59. The van der Waals surface area contributed by atoms with Crippen molar-refractivity contribution in [3.05, 3.63) is 121 Å². The van der Waals surface area contributed by atoms with Crippen molar-refractivity contribution in [2.24, 2.45) is 10.8 Å². The van der Waals surface area contributed by atoms with Crippen molar-refractivity contribution in [1.82, 2.24) is 0 Å². The summed E-state index contributed by atoms with van der Waals surface area (Å²) in [6.45, 7) is 9.60. The Kier molecular flexibility index (Phi) is 18.2. The number of carbonyl (C=O) groups excluding carboxylic acids is 2. The van der Waals surface area contributed by atoms with Gasteiger partial charge in [0.05, 0.1) is 0 Å². The normalized spacial score (nSPS) is 10.9. The van der Waals surface area contributed by atoms with Gasteiger partial charge in [0.2, 0.25) is 0 Å².